The predicted molar refractivity (Wildman–Crippen MR) is 74.4 cm³/mol. The molecular formula is C14H17FN2OS. The molecule has 19 heavy (non-hydrogen) atoms. The minimum Gasteiger partial charge on any atom is -0.388 e. The van der Waals surface area contributed by atoms with Gasteiger partial charge in [-0.1, -0.05) is 12.1 Å². The Labute approximate surface area is 116 Å². The monoisotopic (exact) mass is 280 g/mol. The Hall–Kier alpha value is -1.30. The maximum absolute atomic E-state index is 12.8. The topological polar surface area (TPSA) is 45.1 Å². The first kappa shape index (κ1) is 14.1. The molecule has 0 aliphatic rings. The number of benzene rings is 1. The Morgan fingerprint density at radius 2 is 2.11 bits per heavy atom. The maximum Gasteiger partial charge on any atom is 0.123 e. The van der Waals surface area contributed by atoms with Crippen LogP contribution in [0, 0.1) is 5.82 Å². The van der Waals surface area contributed by atoms with Crippen LogP contribution in [0.1, 0.15) is 30.7 Å². The van der Waals surface area contributed by atoms with Crippen molar-refractivity contribution in [2.24, 2.45) is 0 Å². The molecule has 2 aromatic rings. The van der Waals surface area contributed by atoms with E-state index in [0.29, 0.717) is 13.0 Å². The van der Waals surface area contributed by atoms with Crippen LogP contribution in [0.5, 0.6) is 0 Å². The SMILES string of the molecule is C[C@@H](C[C@@H](O)c1ccc(F)cc1)NCc1cscn1. The molecule has 102 valence electrons. The van der Waals surface area contributed by atoms with Crippen LogP contribution >= 0.6 is 11.3 Å². The third-order valence-electron chi connectivity index (χ3n) is 2.95. The normalized spacial score (nSPS) is 14.3. The average molecular weight is 280 g/mol. The lowest BCUT2D eigenvalue weighted by Gasteiger charge is -2.17. The number of hydrogen-bond donors (Lipinski definition) is 2. The Balaban J connectivity index is 1.81. The quantitative estimate of drug-likeness (QED) is 0.855. The lowest BCUT2D eigenvalue weighted by molar-refractivity contribution is 0.153. The summed E-state index contributed by atoms with van der Waals surface area (Å²) in [5.74, 6) is -0.286. The van der Waals surface area contributed by atoms with Gasteiger partial charge in [0.2, 0.25) is 0 Å². The first-order chi connectivity index (χ1) is 9.15. The highest BCUT2D eigenvalue weighted by atomic mass is 32.1. The number of rotatable bonds is 6. The van der Waals surface area contributed by atoms with Crippen molar-refractivity contribution in [2.45, 2.75) is 32.0 Å². The van der Waals surface area contributed by atoms with E-state index in [4.69, 9.17) is 0 Å². The number of nitrogens with one attached hydrogen (secondary N) is 1. The summed E-state index contributed by atoms with van der Waals surface area (Å²) in [6.07, 6.45) is -0.00555. The second-order valence-corrected chi connectivity index (χ2v) is 5.28. The van der Waals surface area contributed by atoms with Gasteiger partial charge in [-0.2, -0.15) is 0 Å². The van der Waals surface area contributed by atoms with Gasteiger partial charge < -0.3 is 10.4 Å². The van der Waals surface area contributed by atoms with Crippen molar-refractivity contribution in [3.05, 3.63) is 52.2 Å². The molecule has 3 nitrogen and oxygen atoms in total. The minimum absolute atomic E-state index is 0.154. The molecule has 0 radical (unpaired) electrons. The fourth-order valence-electron chi connectivity index (χ4n) is 1.84. The molecule has 1 aromatic heterocycles. The molecule has 0 saturated heterocycles. The Morgan fingerprint density at radius 1 is 1.37 bits per heavy atom. The first-order valence-electron chi connectivity index (χ1n) is 6.19. The van der Waals surface area contributed by atoms with E-state index in [1.807, 2.05) is 12.3 Å². The van der Waals surface area contributed by atoms with Gasteiger partial charge in [0.15, 0.2) is 0 Å². The molecule has 0 aliphatic carbocycles. The summed E-state index contributed by atoms with van der Waals surface area (Å²) in [5.41, 5.74) is 3.55. The number of halogens is 1. The van der Waals surface area contributed by atoms with E-state index in [9.17, 15) is 9.50 Å². The molecule has 2 rings (SSSR count). The Morgan fingerprint density at radius 3 is 2.74 bits per heavy atom. The van der Waals surface area contributed by atoms with E-state index in [-0.39, 0.29) is 11.9 Å². The zero-order valence-electron chi connectivity index (χ0n) is 10.7. The average Bonchev–Trinajstić information content (AvgIpc) is 2.90. The Bertz CT molecular complexity index is 487. The van der Waals surface area contributed by atoms with Gasteiger partial charge in [-0.05, 0) is 31.0 Å². The van der Waals surface area contributed by atoms with Crippen LogP contribution in [0.15, 0.2) is 35.2 Å². The summed E-state index contributed by atoms with van der Waals surface area (Å²) in [6, 6.07) is 6.12. The van der Waals surface area contributed by atoms with Gasteiger partial charge in [-0.15, -0.1) is 11.3 Å². The van der Waals surface area contributed by atoms with Crippen LogP contribution in [0.4, 0.5) is 4.39 Å². The van der Waals surface area contributed by atoms with Gasteiger partial charge in [0.05, 0.1) is 17.3 Å². The highest BCUT2D eigenvalue weighted by molar-refractivity contribution is 7.07. The number of nitrogens with zero attached hydrogens (tertiary/aromatic N) is 1. The molecule has 0 saturated carbocycles. The largest absolute Gasteiger partial charge is 0.388 e. The van der Waals surface area contributed by atoms with E-state index in [0.717, 1.165) is 11.3 Å². The van der Waals surface area contributed by atoms with Crippen molar-refractivity contribution in [1.29, 1.82) is 0 Å². The molecule has 0 aliphatic heterocycles. The number of aliphatic hydroxyl groups excluding tert-OH is 1. The number of thiazole rings is 1. The molecule has 0 spiro atoms. The second kappa shape index (κ2) is 6.75. The molecule has 0 unspecified atom stereocenters. The molecule has 0 amide bonds. The van der Waals surface area contributed by atoms with Gasteiger partial charge in [-0.25, -0.2) is 9.37 Å². The van der Waals surface area contributed by atoms with Crippen molar-refractivity contribution >= 4 is 11.3 Å². The zero-order valence-corrected chi connectivity index (χ0v) is 11.5. The highest BCUT2D eigenvalue weighted by Crippen LogP contribution is 2.18. The minimum atomic E-state index is -0.585. The Kier molecular flexibility index (Phi) is 5.01. The van der Waals surface area contributed by atoms with E-state index < -0.39 is 6.10 Å². The highest BCUT2D eigenvalue weighted by Gasteiger charge is 2.12. The first-order valence-corrected chi connectivity index (χ1v) is 7.13. The molecular weight excluding hydrogens is 263 g/mol. The lowest BCUT2D eigenvalue weighted by atomic mass is 10.0. The fourth-order valence-corrected chi connectivity index (χ4v) is 2.40. The van der Waals surface area contributed by atoms with E-state index in [1.165, 1.54) is 12.1 Å². The van der Waals surface area contributed by atoms with Crippen LogP contribution < -0.4 is 5.32 Å². The third kappa shape index (κ3) is 4.38. The third-order valence-corrected chi connectivity index (χ3v) is 3.58. The standard InChI is InChI=1S/C14H17FN2OS/c1-10(16-7-13-8-19-9-17-13)6-14(18)11-2-4-12(15)5-3-11/h2-5,8-10,14,16,18H,6-7H2,1H3/t10-,14+/m0/s1. The molecule has 2 atom stereocenters. The summed E-state index contributed by atoms with van der Waals surface area (Å²) in [6.45, 7) is 2.71. The number of aliphatic hydroxyl groups is 1. The smallest absolute Gasteiger partial charge is 0.123 e. The van der Waals surface area contributed by atoms with Gasteiger partial charge in [0.1, 0.15) is 5.82 Å². The van der Waals surface area contributed by atoms with Crippen molar-refractivity contribution in [2.75, 3.05) is 0 Å². The molecule has 0 fully saturated rings. The molecule has 0 bridgehead atoms. The lowest BCUT2D eigenvalue weighted by Crippen LogP contribution is -2.27. The van der Waals surface area contributed by atoms with Crippen molar-refractivity contribution in [3.63, 3.8) is 0 Å². The van der Waals surface area contributed by atoms with E-state index >= 15 is 0 Å². The fraction of sp³-hybridized carbons (Fsp3) is 0.357. The summed E-state index contributed by atoms with van der Waals surface area (Å²) in [4.78, 5) is 4.19. The predicted octanol–water partition coefficient (Wildman–Crippen LogP) is 2.88. The summed E-state index contributed by atoms with van der Waals surface area (Å²) >= 11 is 1.57. The maximum atomic E-state index is 12.8. The van der Waals surface area contributed by atoms with Gasteiger partial charge >= 0.3 is 0 Å². The second-order valence-electron chi connectivity index (χ2n) is 4.56. The van der Waals surface area contributed by atoms with Crippen molar-refractivity contribution in [3.8, 4) is 0 Å². The van der Waals surface area contributed by atoms with Crippen molar-refractivity contribution < 1.29 is 9.50 Å². The molecule has 2 N–H and O–H groups in total. The summed E-state index contributed by atoms with van der Waals surface area (Å²) in [7, 11) is 0. The van der Waals surface area contributed by atoms with Gasteiger partial charge in [0, 0.05) is 18.0 Å². The van der Waals surface area contributed by atoms with Gasteiger partial charge in [-0.3, -0.25) is 0 Å². The number of aromatic nitrogens is 1. The van der Waals surface area contributed by atoms with Crippen LogP contribution in [-0.4, -0.2) is 16.1 Å². The van der Waals surface area contributed by atoms with Crippen molar-refractivity contribution in [1.82, 2.24) is 10.3 Å². The van der Waals surface area contributed by atoms with Gasteiger partial charge in [0.25, 0.3) is 0 Å². The molecule has 1 heterocycles. The molecule has 5 heteroatoms. The zero-order chi connectivity index (χ0) is 13.7. The number of hydrogen-bond acceptors (Lipinski definition) is 4. The van der Waals surface area contributed by atoms with E-state index in [2.05, 4.69) is 10.3 Å². The van der Waals surface area contributed by atoms with Crippen LogP contribution in [0.3, 0.4) is 0 Å². The van der Waals surface area contributed by atoms with Crippen LogP contribution in [-0.2, 0) is 6.54 Å². The van der Waals surface area contributed by atoms with Crippen LogP contribution in [0.25, 0.3) is 0 Å². The van der Waals surface area contributed by atoms with E-state index in [1.54, 1.807) is 29.0 Å². The summed E-state index contributed by atoms with van der Waals surface area (Å²) in [5, 5.41) is 15.4. The molecule has 1 aromatic carbocycles. The summed E-state index contributed by atoms with van der Waals surface area (Å²) < 4.78 is 12.8. The van der Waals surface area contributed by atoms with Crippen LogP contribution in [0.2, 0.25) is 0 Å².